The van der Waals surface area contributed by atoms with E-state index >= 15 is 0 Å². The number of hydrogen-bond donors (Lipinski definition) is 2. The largest absolute Gasteiger partial charge is 0.465 e. The summed E-state index contributed by atoms with van der Waals surface area (Å²) < 4.78 is 10.3. The first-order valence-corrected chi connectivity index (χ1v) is 14.2. The third-order valence-corrected chi connectivity index (χ3v) is 8.67. The zero-order chi connectivity index (χ0) is 31.4. The van der Waals surface area contributed by atoms with Crippen LogP contribution in [0.4, 0.5) is 0 Å². The van der Waals surface area contributed by atoms with Crippen LogP contribution in [0.2, 0.25) is 0 Å². The standard InChI is InChI=1S/C33H37N5O5/c1-10-20-24-14-23-18(4)29(31(40)43-9)26(36-23)15-25-28(30(39)42-8)17(3)22(35-25)13-21-16(2)11-19(34-21)12-27(37-24)33(20,5)32(41)38(6)7/h11-15,20,34,36H,10H2,1-9H3/t20-,33+/m0/s1. The highest BCUT2D eigenvalue weighted by Gasteiger charge is 2.49. The number of nitrogens with zero attached hydrogens (tertiary/aromatic N) is 3. The van der Waals surface area contributed by atoms with Crippen molar-refractivity contribution in [3.8, 4) is 0 Å². The number of methoxy groups -OCH3 is 2. The molecule has 10 heteroatoms. The summed E-state index contributed by atoms with van der Waals surface area (Å²) in [5, 5.41) is 0. The van der Waals surface area contributed by atoms with Crippen molar-refractivity contribution in [3.05, 3.63) is 69.8 Å². The molecule has 3 aromatic heterocycles. The van der Waals surface area contributed by atoms with Gasteiger partial charge in [-0.05, 0) is 81.1 Å². The summed E-state index contributed by atoms with van der Waals surface area (Å²) in [5.41, 5.74) is 6.94. The molecule has 43 heavy (non-hydrogen) atoms. The number of carbonyl (C=O) groups is 3. The molecule has 2 aliphatic heterocycles. The molecule has 0 saturated heterocycles. The highest BCUT2D eigenvalue weighted by Crippen LogP contribution is 2.45. The average Bonchev–Trinajstić information content (AvgIpc) is 3.65. The Morgan fingerprint density at radius 2 is 1.56 bits per heavy atom. The molecule has 5 rings (SSSR count). The molecule has 2 aliphatic rings. The van der Waals surface area contributed by atoms with Crippen LogP contribution in [0.15, 0.2) is 30.3 Å². The van der Waals surface area contributed by atoms with Gasteiger partial charge in [-0.15, -0.1) is 0 Å². The topological polar surface area (TPSA) is 130 Å². The number of aromatic amines is 2. The van der Waals surface area contributed by atoms with Crippen molar-refractivity contribution < 1.29 is 23.9 Å². The quantitative estimate of drug-likeness (QED) is 0.395. The van der Waals surface area contributed by atoms with Crippen LogP contribution in [0.5, 0.6) is 0 Å². The van der Waals surface area contributed by atoms with E-state index in [1.54, 1.807) is 25.1 Å². The van der Waals surface area contributed by atoms with Crippen LogP contribution in [0, 0.1) is 13.8 Å². The predicted molar refractivity (Wildman–Crippen MR) is 165 cm³/mol. The van der Waals surface area contributed by atoms with Crippen LogP contribution >= 0.6 is 0 Å². The van der Waals surface area contributed by atoms with E-state index in [-0.39, 0.29) is 11.8 Å². The van der Waals surface area contributed by atoms with Gasteiger partial charge < -0.3 is 24.3 Å². The van der Waals surface area contributed by atoms with Gasteiger partial charge in [0.1, 0.15) is 0 Å². The number of nitrogens with one attached hydrogen (secondary N) is 2. The molecule has 10 nitrogen and oxygen atoms in total. The summed E-state index contributed by atoms with van der Waals surface area (Å²) in [6.45, 7) is 9.61. The number of esters is 2. The van der Waals surface area contributed by atoms with Gasteiger partial charge in [-0.3, -0.25) is 9.78 Å². The third-order valence-electron chi connectivity index (χ3n) is 8.67. The Hall–Kier alpha value is -4.73. The second-order valence-electron chi connectivity index (χ2n) is 11.5. The second-order valence-corrected chi connectivity index (χ2v) is 11.5. The van der Waals surface area contributed by atoms with Crippen molar-refractivity contribution in [1.29, 1.82) is 0 Å². The van der Waals surface area contributed by atoms with Crippen LogP contribution < -0.4 is 0 Å². The highest BCUT2D eigenvalue weighted by molar-refractivity contribution is 6.25. The van der Waals surface area contributed by atoms with Crippen molar-refractivity contribution in [2.45, 2.75) is 52.4 Å². The predicted octanol–water partition coefficient (Wildman–Crippen LogP) is 5.36. The van der Waals surface area contributed by atoms with Gasteiger partial charge in [0.15, 0.2) is 0 Å². The average molecular weight is 584 g/mol. The maximum absolute atomic E-state index is 13.8. The number of rotatable bonds is 4. The molecule has 2 atom stereocenters. The maximum Gasteiger partial charge on any atom is 0.340 e. The van der Waals surface area contributed by atoms with Gasteiger partial charge in [-0.25, -0.2) is 14.6 Å². The Bertz CT molecular complexity index is 1880. The third kappa shape index (κ3) is 4.70. The molecule has 1 amide bonds. The van der Waals surface area contributed by atoms with E-state index in [0.717, 1.165) is 22.3 Å². The van der Waals surface area contributed by atoms with Gasteiger partial charge in [-0.2, -0.15) is 0 Å². The van der Waals surface area contributed by atoms with E-state index in [4.69, 9.17) is 19.4 Å². The first-order valence-electron chi connectivity index (χ1n) is 14.2. The van der Waals surface area contributed by atoms with Gasteiger partial charge in [0.2, 0.25) is 5.91 Å². The van der Waals surface area contributed by atoms with E-state index in [0.29, 0.717) is 56.8 Å². The molecule has 0 unspecified atom stereocenters. The molecule has 8 bridgehead atoms. The molecule has 3 aromatic rings. The number of allylic oxidation sites excluding steroid dienone is 1. The lowest BCUT2D eigenvalue weighted by molar-refractivity contribution is -0.135. The van der Waals surface area contributed by atoms with E-state index in [9.17, 15) is 14.4 Å². The lowest BCUT2D eigenvalue weighted by Crippen LogP contribution is -2.43. The van der Waals surface area contributed by atoms with E-state index in [1.807, 2.05) is 58.9 Å². The lowest BCUT2D eigenvalue weighted by Gasteiger charge is -2.32. The first-order chi connectivity index (χ1) is 20.3. The zero-order valence-electron chi connectivity index (χ0n) is 26.1. The zero-order valence-corrected chi connectivity index (χ0v) is 26.1. The van der Waals surface area contributed by atoms with Crippen LogP contribution in [0.1, 0.15) is 77.4 Å². The second kappa shape index (κ2) is 10.8. The summed E-state index contributed by atoms with van der Waals surface area (Å²) in [5.74, 6) is -1.33. The molecule has 0 spiro atoms. The molecular weight excluding hydrogens is 546 g/mol. The maximum atomic E-state index is 13.8. The number of carbonyl (C=O) groups excluding carboxylic acids is 3. The SMILES string of the molecule is CC[C@H]1c2cc3[nH]c(cc4nc(cc5[nH]c(cc(n2)[C@]1(C)C(=O)N(C)C)cc5C)C(C)=C4C(=O)OC)c(C(=O)OC)c3C. The molecule has 224 valence electrons. The normalized spacial score (nSPS) is 18.0. The first kappa shape index (κ1) is 29.8. The van der Waals surface area contributed by atoms with E-state index < -0.39 is 17.4 Å². The number of hydrogen-bond acceptors (Lipinski definition) is 7. The molecular formula is C33H37N5O5. The number of amides is 1. The van der Waals surface area contributed by atoms with E-state index in [2.05, 4.69) is 9.97 Å². The Morgan fingerprint density at radius 3 is 2.19 bits per heavy atom. The summed E-state index contributed by atoms with van der Waals surface area (Å²) in [4.78, 5) is 58.1. The number of aromatic nitrogens is 4. The van der Waals surface area contributed by atoms with Gasteiger partial charge in [0.25, 0.3) is 0 Å². The van der Waals surface area contributed by atoms with Gasteiger partial charge in [-0.1, -0.05) is 6.92 Å². The van der Waals surface area contributed by atoms with Crippen molar-refractivity contribution in [2.24, 2.45) is 0 Å². The summed E-state index contributed by atoms with van der Waals surface area (Å²) >= 11 is 0. The minimum absolute atomic E-state index is 0.0441. The summed E-state index contributed by atoms with van der Waals surface area (Å²) in [6.07, 6.45) is 0.663. The Balaban J connectivity index is 1.99. The lowest BCUT2D eigenvalue weighted by atomic mass is 9.72. The number of likely N-dealkylation sites (N-methyl/N-ethyl adjacent to an activating group) is 1. The molecule has 5 heterocycles. The summed E-state index contributed by atoms with van der Waals surface area (Å²) in [7, 11) is 6.16. The highest BCUT2D eigenvalue weighted by atomic mass is 16.5. The van der Waals surface area contributed by atoms with Crippen molar-refractivity contribution >= 4 is 51.1 Å². The fraction of sp³-hybridized carbons (Fsp3) is 0.364. The molecule has 2 N–H and O–H groups in total. The van der Waals surface area contributed by atoms with Crippen LogP contribution in [-0.2, 0) is 24.5 Å². The number of aryl methyl sites for hydroxylation is 2. The van der Waals surface area contributed by atoms with Crippen molar-refractivity contribution in [1.82, 2.24) is 24.8 Å². The van der Waals surface area contributed by atoms with Gasteiger partial charge >= 0.3 is 11.9 Å². The summed E-state index contributed by atoms with van der Waals surface area (Å²) in [6, 6.07) is 9.39. The fourth-order valence-electron chi connectivity index (χ4n) is 6.31. The van der Waals surface area contributed by atoms with Crippen molar-refractivity contribution in [2.75, 3.05) is 28.3 Å². The van der Waals surface area contributed by atoms with Gasteiger partial charge in [0.05, 0.1) is 53.4 Å². The molecule has 0 saturated carbocycles. The molecule has 0 aliphatic carbocycles. The Labute approximate surface area is 250 Å². The number of H-pyrrole nitrogens is 2. The number of ether oxygens (including phenoxy) is 2. The van der Waals surface area contributed by atoms with Gasteiger partial charge in [0, 0.05) is 42.3 Å². The fourth-order valence-corrected chi connectivity index (χ4v) is 6.31. The van der Waals surface area contributed by atoms with Crippen LogP contribution in [0.25, 0.3) is 33.2 Å². The monoisotopic (exact) mass is 583 g/mol. The smallest absolute Gasteiger partial charge is 0.340 e. The minimum atomic E-state index is -0.921. The van der Waals surface area contributed by atoms with Crippen LogP contribution in [0.3, 0.4) is 0 Å². The Morgan fingerprint density at radius 1 is 0.884 bits per heavy atom. The Kier molecular flexibility index (Phi) is 7.50. The minimum Gasteiger partial charge on any atom is -0.465 e. The molecule has 0 aromatic carbocycles. The van der Waals surface area contributed by atoms with Crippen molar-refractivity contribution in [3.63, 3.8) is 0 Å². The molecule has 0 radical (unpaired) electrons. The number of fused-ring (bicyclic) bond motifs is 8. The molecule has 0 fully saturated rings. The van der Waals surface area contributed by atoms with Crippen LogP contribution in [-0.4, -0.2) is 71.0 Å². The van der Waals surface area contributed by atoms with E-state index in [1.165, 1.54) is 14.2 Å².